The van der Waals surface area contributed by atoms with E-state index in [-0.39, 0.29) is 0 Å². The van der Waals surface area contributed by atoms with Crippen molar-refractivity contribution in [1.29, 1.82) is 0 Å². The third-order valence-electron chi connectivity index (χ3n) is 1.82. The molecule has 0 bridgehead atoms. The molecule has 0 saturated carbocycles. The molecule has 1 aromatic rings. The molecule has 0 aliphatic carbocycles. The lowest BCUT2D eigenvalue weighted by atomic mass is 10.2. The molecule has 0 aromatic heterocycles. The number of rotatable bonds is 4. The van der Waals surface area contributed by atoms with Crippen LogP contribution in [0.2, 0.25) is 0 Å². The van der Waals surface area contributed by atoms with Crippen molar-refractivity contribution in [1.82, 2.24) is 0 Å². The van der Waals surface area contributed by atoms with Crippen molar-refractivity contribution in [3.05, 3.63) is 29.8 Å². The number of benzene rings is 1. The first-order valence-corrected chi connectivity index (χ1v) is 4.50. The van der Waals surface area contributed by atoms with Crippen LogP contribution in [0.15, 0.2) is 29.4 Å². The number of amides is 2. The van der Waals surface area contributed by atoms with E-state index < -0.39 is 17.5 Å². The maximum Gasteiger partial charge on any atom is 0.274 e. The fraction of sp³-hybridized carbons (Fsp3) is 0.100. The Hall–Kier alpha value is -2.37. The highest BCUT2D eigenvalue weighted by Gasteiger charge is 2.13. The largest absolute Gasteiger partial charge is 0.364 e. The highest BCUT2D eigenvalue weighted by molar-refractivity contribution is 6.64. The summed E-state index contributed by atoms with van der Waals surface area (Å²) >= 11 is 0. The van der Waals surface area contributed by atoms with Gasteiger partial charge in [-0.1, -0.05) is 17.7 Å². The van der Waals surface area contributed by atoms with Crippen molar-refractivity contribution in [3.8, 4) is 0 Å². The smallest absolute Gasteiger partial charge is 0.274 e. The Kier molecular flexibility index (Phi) is 3.60. The summed E-state index contributed by atoms with van der Waals surface area (Å²) in [6, 6.07) is 7.20. The van der Waals surface area contributed by atoms with Crippen LogP contribution in [-0.2, 0) is 9.59 Å². The zero-order chi connectivity index (χ0) is 12.1. The van der Waals surface area contributed by atoms with Gasteiger partial charge in [0, 0.05) is 0 Å². The standard InChI is InChI=1S/C10H12N4O2/c1-6-2-4-7(5-3-6)13-14-8(9(11)15)10(12)16/h2-5,13H,1H3,(H2,11,15)(H2,12,16). The minimum Gasteiger partial charge on any atom is -0.364 e. The molecule has 0 radical (unpaired) electrons. The van der Waals surface area contributed by atoms with E-state index in [1.54, 1.807) is 12.1 Å². The Morgan fingerprint density at radius 1 is 1.12 bits per heavy atom. The van der Waals surface area contributed by atoms with Gasteiger partial charge in [-0.05, 0) is 19.1 Å². The summed E-state index contributed by atoms with van der Waals surface area (Å²) in [5.41, 5.74) is 13.6. The number of hydrogen-bond acceptors (Lipinski definition) is 4. The molecule has 0 unspecified atom stereocenters. The Bertz CT molecular complexity index is 421. The van der Waals surface area contributed by atoms with Crippen LogP contribution < -0.4 is 16.9 Å². The molecule has 6 nitrogen and oxygen atoms in total. The maximum absolute atomic E-state index is 10.8. The molecule has 1 aromatic carbocycles. The highest BCUT2D eigenvalue weighted by atomic mass is 16.2. The van der Waals surface area contributed by atoms with Crippen molar-refractivity contribution in [3.63, 3.8) is 0 Å². The first-order valence-electron chi connectivity index (χ1n) is 4.50. The van der Waals surface area contributed by atoms with E-state index in [4.69, 9.17) is 11.5 Å². The van der Waals surface area contributed by atoms with Crippen LogP contribution in [0, 0.1) is 6.92 Å². The molecule has 16 heavy (non-hydrogen) atoms. The fourth-order valence-electron chi connectivity index (χ4n) is 0.980. The number of primary amides is 2. The van der Waals surface area contributed by atoms with Crippen LogP contribution in [-0.4, -0.2) is 17.5 Å². The molecule has 0 atom stereocenters. The van der Waals surface area contributed by atoms with Gasteiger partial charge in [0.15, 0.2) is 0 Å². The molecule has 0 heterocycles. The average Bonchev–Trinajstić information content (AvgIpc) is 2.20. The topological polar surface area (TPSA) is 111 Å². The normalized spacial score (nSPS) is 9.31. The van der Waals surface area contributed by atoms with Gasteiger partial charge in [0.2, 0.25) is 5.71 Å². The zero-order valence-corrected chi connectivity index (χ0v) is 8.73. The molecule has 0 fully saturated rings. The molecule has 0 aliphatic heterocycles. The third-order valence-corrected chi connectivity index (χ3v) is 1.82. The lowest BCUT2D eigenvalue weighted by Crippen LogP contribution is -2.36. The monoisotopic (exact) mass is 220 g/mol. The number of hydrogen-bond donors (Lipinski definition) is 3. The number of aryl methyl sites for hydroxylation is 1. The van der Waals surface area contributed by atoms with Gasteiger partial charge in [-0.15, -0.1) is 0 Å². The van der Waals surface area contributed by atoms with E-state index >= 15 is 0 Å². The Morgan fingerprint density at radius 3 is 2.06 bits per heavy atom. The summed E-state index contributed by atoms with van der Waals surface area (Å²) in [6.45, 7) is 1.94. The average molecular weight is 220 g/mol. The van der Waals surface area contributed by atoms with Gasteiger partial charge in [-0.2, -0.15) is 5.10 Å². The molecule has 0 spiro atoms. The van der Waals surface area contributed by atoms with Crippen LogP contribution in [0.25, 0.3) is 0 Å². The fourth-order valence-corrected chi connectivity index (χ4v) is 0.980. The Morgan fingerprint density at radius 2 is 1.62 bits per heavy atom. The molecular weight excluding hydrogens is 208 g/mol. The molecule has 6 heteroatoms. The summed E-state index contributed by atoms with van der Waals surface area (Å²) in [4.78, 5) is 21.5. The molecule has 84 valence electrons. The second kappa shape index (κ2) is 4.92. The van der Waals surface area contributed by atoms with Gasteiger partial charge >= 0.3 is 0 Å². The van der Waals surface area contributed by atoms with E-state index in [0.29, 0.717) is 5.69 Å². The van der Waals surface area contributed by atoms with Crippen molar-refractivity contribution >= 4 is 23.2 Å². The predicted octanol–water partition coefficient (Wildman–Crippen LogP) is -0.266. The van der Waals surface area contributed by atoms with Gasteiger partial charge < -0.3 is 11.5 Å². The van der Waals surface area contributed by atoms with Crippen LogP contribution in [0.4, 0.5) is 5.69 Å². The van der Waals surface area contributed by atoms with Crippen LogP contribution >= 0.6 is 0 Å². The summed E-state index contributed by atoms with van der Waals surface area (Å²) in [6.07, 6.45) is 0. The molecule has 2 amide bonds. The molecule has 0 saturated heterocycles. The van der Waals surface area contributed by atoms with Gasteiger partial charge in [0.25, 0.3) is 11.8 Å². The van der Waals surface area contributed by atoms with Crippen molar-refractivity contribution < 1.29 is 9.59 Å². The minimum atomic E-state index is -0.966. The molecule has 5 N–H and O–H groups in total. The number of nitrogens with zero attached hydrogens (tertiary/aromatic N) is 1. The van der Waals surface area contributed by atoms with Gasteiger partial charge in [-0.25, -0.2) is 0 Å². The predicted molar refractivity (Wildman–Crippen MR) is 60.6 cm³/mol. The lowest BCUT2D eigenvalue weighted by molar-refractivity contribution is -0.115. The van der Waals surface area contributed by atoms with E-state index in [0.717, 1.165) is 5.56 Å². The van der Waals surface area contributed by atoms with Gasteiger partial charge in [0.05, 0.1) is 5.69 Å². The number of carbonyl (C=O) groups is 2. The second-order valence-corrected chi connectivity index (χ2v) is 3.17. The summed E-state index contributed by atoms with van der Waals surface area (Å²) in [5.74, 6) is -1.93. The molecule has 1 rings (SSSR count). The summed E-state index contributed by atoms with van der Waals surface area (Å²) in [5, 5.41) is 3.54. The van der Waals surface area contributed by atoms with Crippen molar-refractivity contribution in [2.45, 2.75) is 6.92 Å². The van der Waals surface area contributed by atoms with Crippen LogP contribution in [0.3, 0.4) is 0 Å². The van der Waals surface area contributed by atoms with Crippen molar-refractivity contribution in [2.75, 3.05) is 5.43 Å². The number of anilines is 1. The second-order valence-electron chi connectivity index (χ2n) is 3.17. The van der Waals surface area contributed by atoms with E-state index in [2.05, 4.69) is 10.5 Å². The van der Waals surface area contributed by atoms with Crippen LogP contribution in [0.1, 0.15) is 5.56 Å². The first kappa shape index (κ1) is 11.7. The van der Waals surface area contributed by atoms with Crippen LogP contribution in [0.5, 0.6) is 0 Å². The van der Waals surface area contributed by atoms with E-state index in [1.165, 1.54) is 0 Å². The van der Waals surface area contributed by atoms with E-state index in [9.17, 15) is 9.59 Å². The molecular formula is C10H12N4O2. The van der Waals surface area contributed by atoms with Crippen molar-refractivity contribution in [2.24, 2.45) is 16.6 Å². The SMILES string of the molecule is Cc1ccc(NN=C(C(N)=O)C(N)=O)cc1. The third kappa shape index (κ3) is 3.09. The maximum atomic E-state index is 10.8. The van der Waals surface area contributed by atoms with Gasteiger partial charge in [-0.3, -0.25) is 15.0 Å². The minimum absolute atomic E-state index is 0.513. The van der Waals surface area contributed by atoms with Gasteiger partial charge in [0.1, 0.15) is 0 Å². The number of nitrogens with one attached hydrogen (secondary N) is 1. The quantitative estimate of drug-likeness (QED) is 0.369. The number of carbonyl (C=O) groups excluding carboxylic acids is 2. The number of nitrogens with two attached hydrogens (primary N) is 2. The Labute approximate surface area is 92.3 Å². The highest BCUT2D eigenvalue weighted by Crippen LogP contribution is 2.08. The van der Waals surface area contributed by atoms with E-state index in [1.807, 2.05) is 19.1 Å². The zero-order valence-electron chi connectivity index (χ0n) is 8.73. The number of hydrazone groups is 1. The first-order chi connectivity index (χ1) is 7.50. The summed E-state index contributed by atoms with van der Waals surface area (Å²) < 4.78 is 0. The summed E-state index contributed by atoms with van der Waals surface area (Å²) in [7, 11) is 0. The molecule has 0 aliphatic rings. The Balaban J connectivity index is 2.81. The lowest BCUT2D eigenvalue weighted by Gasteiger charge is -2.02.